The number of amides is 2. The van der Waals surface area contributed by atoms with Gasteiger partial charge < -0.3 is 10.2 Å². The van der Waals surface area contributed by atoms with Crippen molar-refractivity contribution in [1.29, 1.82) is 0 Å². The van der Waals surface area contributed by atoms with Gasteiger partial charge in [-0.1, -0.05) is 74.0 Å². The maximum atomic E-state index is 13.9. The first kappa shape index (κ1) is 29.2. The summed E-state index contributed by atoms with van der Waals surface area (Å²) in [6.45, 7) is 5.40. The molecule has 38 heavy (non-hydrogen) atoms. The van der Waals surface area contributed by atoms with E-state index in [1.54, 1.807) is 30.3 Å². The molecule has 3 rings (SSSR count). The van der Waals surface area contributed by atoms with Crippen LogP contribution in [0.15, 0.2) is 89.8 Å². The summed E-state index contributed by atoms with van der Waals surface area (Å²) in [5.74, 6) is -0.751. The van der Waals surface area contributed by atoms with E-state index in [0.717, 1.165) is 16.3 Å². The lowest BCUT2D eigenvalue weighted by Crippen LogP contribution is -2.53. The van der Waals surface area contributed by atoms with Gasteiger partial charge in [0.15, 0.2) is 0 Å². The van der Waals surface area contributed by atoms with Crippen molar-refractivity contribution in [1.82, 2.24) is 10.2 Å². The highest BCUT2D eigenvalue weighted by Crippen LogP contribution is 2.25. The van der Waals surface area contributed by atoms with Crippen LogP contribution in [-0.4, -0.2) is 43.8 Å². The molecule has 3 aromatic carbocycles. The quantitative estimate of drug-likeness (QED) is 0.330. The van der Waals surface area contributed by atoms with E-state index in [-0.39, 0.29) is 23.4 Å². The molecule has 9 heteroatoms. The Bertz CT molecular complexity index is 1300. The van der Waals surface area contributed by atoms with E-state index in [0.29, 0.717) is 17.1 Å². The minimum Gasteiger partial charge on any atom is -0.352 e. The fourth-order valence-corrected chi connectivity index (χ4v) is 5.54. The fourth-order valence-electron chi connectivity index (χ4n) is 4.00. The minimum atomic E-state index is -4.12. The number of anilines is 1. The van der Waals surface area contributed by atoms with Crippen LogP contribution in [0.25, 0.3) is 0 Å². The molecule has 0 aliphatic carbocycles. The third kappa shape index (κ3) is 7.36. The summed E-state index contributed by atoms with van der Waals surface area (Å²) < 4.78 is 28.6. The normalized spacial score (nSPS) is 12.8. The van der Waals surface area contributed by atoms with E-state index in [1.165, 1.54) is 29.2 Å². The van der Waals surface area contributed by atoms with Crippen molar-refractivity contribution in [2.45, 2.75) is 57.1 Å². The van der Waals surface area contributed by atoms with E-state index < -0.39 is 28.5 Å². The second-order valence-corrected chi connectivity index (χ2v) is 11.3. The summed E-state index contributed by atoms with van der Waals surface area (Å²) in [5.41, 5.74) is 1.18. The van der Waals surface area contributed by atoms with Crippen LogP contribution in [-0.2, 0) is 26.2 Å². The Morgan fingerprint density at radius 1 is 0.868 bits per heavy atom. The third-order valence-corrected chi connectivity index (χ3v) is 8.35. The molecule has 0 aliphatic heterocycles. The van der Waals surface area contributed by atoms with E-state index >= 15 is 0 Å². The van der Waals surface area contributed by atoms with Crippen LogP contribution >= 0.6 is 11.6 Å². The van der Waals surface area contributed by atoms with Crippen molar-refractivity contribution in [2.75, 3.05) is 10.8 Å². The minimum absolute atomic E-state index is 0.00900. The highest BCUT2D eigenvalue weighted by Gasteiger charge is 2.33. The molecular weight excluding hydrogens is 522 g/mol. The van der Waals surface area contributed by atoms with Crippen LogP contribution in [0.2, 0.25) is 5.02 Å². The van der Waals surface area contributed by atoms with Gasteiger partial charge in [0.05, 0.1) is 10.6 Å². The average molecular weight is 556 g/mol. The number of rotatable bonds is 12. The fraction of sp³-hybridized carbons (Fsp3) is 0.310. The Morgan fingerprint density at radius 3 is 2.00 bits per heavy atom. The Hall–Kier alpha value is -3.36. The van der Waals surface area contributed by atoms with Crippen LogP contribution < -0.4 is 9.62 Å². The van der Waals surface area contributed by atoms with E-state index in [2.05, 4.69) is 5.32 Å². The predicted octanol–water partition coefficient (Wildman–Crippen LogP) is 5.26. The Kier molecular flexibility index (Phi) is 10.3. The molecule has 0 saturated carbocycles. The molecule has 202 valence electrons. The molecule has 0 radical (unpaired) electrons. The zero-order chi connectivity index (χ0) is 27.7. The maximum absolute atomic E-state index is 13.9. The van der Waals surface area contributed by atoms with Crippen LogP contribution in [0.4, 0.5) is 5.69 Å². The van der Waals surface area contributed by atoms with Gasteiger partial charge in [-0.25, -0.2) is 8.42 Å². The number of halogens is 1. The van der Waals surface area contributed by atoms with Crippen molar-refractivity contribution < 1.29 is 18.0 Å². The topological polar surface area (TPSA) is 86.8 Å². The van der Waals surface area contributed by atoms with Gasteiger partial charge in [0, 0.05) is 17.6 Å². The summed E-state index contributed by atoms with van der Waals surface area (Å²) in [5, 5.41) is 3.37. The highest BCUT2D eigenvalue weighted by atomic mass is 35.5. The molecule has 1 N–H and O–H groups in total. The molecule has 0 saturated heterocycles. The van der Waals surface area contributed by atoms with Crippen LogP contribution in [0, 0.1) is 0 Å². The highest BCUT2D eigenvalue weighted by molar-refractivity contribution is 7.92. The molecule has 7 nitrogen and oxygen atoms in total. The number of carbonyl (C=O) groups is 2. The van der Waals surface area contributed by atoms with Gasteiger partial charge in [0.2, 0.25) is 11.8 Å². The Labute approximate surface area is 230 Å². The maximum Gasteiger partial charge on any atom is 0.264 e. The first-order valence-corrected chi connectivity index (χ1v) is 14.5. The number of benzene rings is 3. The molecule has 0 fully saturated rings. The van der Waals surface area contributed by atoms with Gasteiger partial charge in [-0.15, -0.1) is 0 Å². The van der Waals surface area contributed by atoms with Crippen LogP contribution in [0.1, 0.15) is 39.2 Å². The first-order chi connectivity index (χ1) is 18.2. The number of sulfonamides is 1. The van der Waals surface area contributed by atoms with Crippen molar-refractivity contribution in [3.05, 3.63) is 95.5 Å². The second-order valence-electron chi connectivity index (χ2n) is 9.05. The number of nitrogens with zero attached hydrogens (tertiary/aromatic N) is 2. The number of nitrogens with one attached hydrogen (secondary N) is 1. The van der Waals surface area contributed by atoms with Crippen molar-refractivity contribution in [2.24, 2.45) is 0 Å². The average Bonchev–Trinajstić information content (AvgIpc) is 2.92. The largest absolute Gasteiger partial charge is 0.352 e. The van der Waals surface area contributed by atoms with Crippen LogP contribution in [0.5, 0.6) is 0 Å². The molecule has 0 heterocycles. The van der Waals surface area contributed by atoms with Gasteiger partial charge in [0.1, 0.15) is 12.6 Å². The molecule has 2 amide bonds. The second kappa shape index (κ2) is 13.4. The molecule has 0 bridgehead atoms. The summed E-state index contributed by atoms with van der Waals surface area (Å²) in [4.78, 5) is 28.7. The first-order valence-electron chi connectivity index (χ1n) is 12.6. The Balaban J connectivity index is 2.01. The lowest BCUT2D eigenvalue weighted by molar-refractivity contribution is -0.140. The van der Waals surface area contributed by atoms with Gasteiger partial charge in [-0.2, -0.15) is 0 Å². The summed E-state index contributed by atoms with van der Waals surface area (Å²) >= 11 is 5.98. The van der Waals surface area contributed by atoms with Crippen LogP contribution in [0.3, 0.4) is 0 Å². The molecular formula is C29H34ClN3O4S. The van der Waals surface area contributed by atoms with Crippen molar-refractivity contribution in [3.63, 3.8) is 0 Å². The van der Waals surface area contributed by atoms with E-state index in [9.17, 15) is 18.0 Å². The van der Waals surface area contributed by atoms with Gasteiger partial charge in [-0.3, -0.25) is 13.9 Å². The number of para-hydroxylation sites is 1. The zero-order valence-electron chi connectivity index (χ0n) is 21.9. The molecule has 0 unspecified atom stereocenters. The van der Waals surface area contributed by atoms with Crippen molar-refractivity contribution in [3.8, 4) is 0 Å². The lowest BCUT2D eigenvalue weighted by Gasteiger charge is -2.33. The predicted molar refractivity (Wildman–Crippen MR) is 151 cm³/mol. The van der Waals surface area contributed by atoms with E-state index in [4.69, 9.17) is 11.6 Å². The Morgan fingerprint density at radius 2 is 1.45 bits per heavy atom. The van der Waals surface area contributed by atoms with Gasteiger partial charge >= 0.3 is 0 Å². The zero-order valence-corrected chi connectivity index (χ0v) is 23.5. The van der Waals surface area contributed by atoms with E-state index in [1.807, 2.05) is 51.1 Å². The third-order valence-electron chi connectivity index (χ3n) is 6.31. The van der Waals surface area contributed by atoms with Gasteiger partial charge in [0.25, 0.3) is 10.0 Å². The molecule has 0 spiro atoms. The van der Waals surface area contributed by atoms with Gasteiger partial charge in [-0.05, 0) is 61.7 Å². The standard InChI is InChI=1S/C29H34ClN3O4S/c1-4-22(3)31-29(35)27(5-2)32(20-23-12-8-6-9-13-23)28(34)21-33(25-14-10-7-11-15-25)38(36,37)26-18-16-24(30)17-19-26/h6-19,22,27H,4-5,20-21H2,1-3H3,(H,31,35)/t22-,27+/m0/s1. The number of hydrogen-bond donors (Lipinski definition) is 1. The lowest BCUT2D eigenvalue weighted by atomic mass is 10.1. The smallest absolute Gasteiger partial charge is 0.264 e. The summed E-state index contributed by atoms with van der Waals surface area (Å²) in [6, 6.07) is 22.8. The summed E-state index contributed by atoms with van der Waals surface area (Å²) in [7, 11) is -4.12. The van der Waals surface area contributed by atoms with Crippen molar-refractivity contribution >= 4 is 39.1 Å². The molecule has 2 atom stereocenters. The SMILES string of the molecule is CC[C@H](C(=O)N[C@@H](C)CC)N(Cc1ccccc1)C(=O)CN(c1ccccc1)S(=O)(=O)c1ccc(Cl)cc1. The monoisotopic (exact) mass is 555 g/mol. The molecule has 3 aromatic rings. The summed E-state index contributed by atoms with van der Waals surface area (Å²) in [6.07, 6.45) is 1.12. The number of hydrogen-bond acceptors (Lipinski definition) is 4. The number of carbonyl (C=O) groups excluding carboxylic acids is 2. The molecule has 0 aromatic heterocycles. The molecule has 0 aliphatic rings.